The molecule has 1 aromatic carbocycles. The van der Waals surface area contributed by atoms with Crippen molar-refractivity contribution in [2.24, 2.45) is 0 Å². The van der Waals surface area contributed by atoms with Crippen molar-refractivity contribution < 1.29 is 31.9 Å². The molecular formula is C16H13ClF5NO2. The van der Waals surface area contributed by atoms with Gasteiger partial charge in [-0.05, 0) is 31.0 Å². The number of halogens is 6. The summed E-state index contributed by atoms with van der Waals surface area (Å²) >= 11 is 5.60. The third-order valence-electron chi connectivity index (χ3n) is 4.63. The molecule has 1 N–H and O–H groups in total. The van der Waals surface area contributed by atoms with E-state index in [-0.39, 0.29) is 12.0 Å². The molecule has 1 fully saturated rings. The fourth-order valence-electron chi connectivity index (χ4n) is 3.39. The molecule has 3 rings (SSSR count). The number of alkyl halides is 5. The molecule has 0 bridgehead atoms. The average molecular weight is 382 g/mol. The first kappa shape index (κ1) is 18.1. The molecule has 1 spiro atoms. The number of aliphatic hydroxyl groups is 1. The molecule has 2 atom stereocenters. The Hall–Kier alpha value is -1.67. The summed E-state index contributed by atoms with van der Waals surface area (Å²) < 4.78 is 66.3. The van der Waals surface area contributed by atoms with Gasteiger partial charge < -0.3 is 10.0 Å². The summed E-state index contributed by atoms with van der Waals surface area (Å²) in [6.07, 6.45) is -3.29. The number of amides is 1. The molecular weight excluding hydrogens is 369 g/mol. The molecule has 136 valence electrons. The normalized spacial score (nSPS) is 28.1. The Morgan fingerprint density at radius 1 is 1.32 bits per heavy atom. The van der Waals surface area contributed by atoms with E-state index in [1.807, 2.05) is 0 Å². The standard InChI is InChI=1S/C16H13ClF5NO2/c17-11-7-9(3-4-10(11)16(20,21)22)12(24)23-8-15(18,19)13(25)14(23)5-1-2-6-14/h1,3-5,7,13,25H,2,6,8H2. The predicted molar refractivity (Wildman–Crippen MR) is 79.5 cm³/mol. The van der Waals surface area contributed by atoms with Crippen molar-refractivity contribution >= 4 is 17.5 Å². The number of aliphatic hydroxyl groups excluding tert-OH is 1. The minimum atomic E-state index is -4.69. The monoisotopic (exact) mass is 381 g/mol. The van der Waals surface area contributed by atoms with Crippen LogP contribution in [0.4, 0.5) is 22.0 Å². The Kier molecular flexibility index (Phi) is 4.11. The third-order valence-corrected chi connectivity index (χ3v) is 4.94. The first-order valence-corrected chi connectivity index (χ1v) is 7.79. The molecule has 25 heavy (non-hydrogen) atoms. The molecule has 0 radical (unpaired) electrons. The number of hydrogen-bond donors (Lipinski definition) is 1. The summed E-state index contributed by atoms with van der Waals surface area (Å²) in [7, 11) is 0. The lowest BCUT2D eigenvalue weighted by Gasteiger charge is -2.35. The number of carbonyl (C=O) groups excluding carboxylic acids is 1. The molecule has 1 aliphatic heterocycles. The van der Waals surface area contributed by atoms with Crippen molar-refractivity contribution in [3.63, 3.8) is 0 Å². The Labute approximate surface area is 144 Å². The van der Waals surface area contributed by atoms with Gasteiger partial charge in [-0.25, -0.2) is 8.78 Å². The molecule has 1 amide bonds. The number of benzene rings is 1. The molecule has 0 saturated carbocycles. The number of likely N-dealkylation sites (tertiary alicyclic amines) is 1. The predicted octanol–water partition coefficient (Wildman–Crippen LogP) is 3.90. The highest BCUT2D eigenvalue weighted by atomic mass is 35.5. The third kappa shape index (κ3) is 2.81. The fourth-order valence-corrected chi connectivity index (χ4v) is 3.68. The highest BCUT2D eigenvalue weighted by molar-refractivity contribution is 6.31. The smallest absolute Gasteiger partial charge is 0.384 e. The van der Waals surface area contributed by atoms with Crippen LogP contribution in [0.25, 0.3) is 0 Å². The molecule has 0 aromatic heterocycles. The minimum absolute atomic E-state index is 0.115. The zero-order valence-corrected chi connectivity index (χ0v) is 13.4. The second-order valence-electron chi connectivity index (χ2n) is 6.18. The highest BCUT2D eigenvalue weighted by Crippen LogP contribution is 2.46. The van der Waals surface area contributed by atoms with Crippen LogP contribution in [0.15, 0.2) is 30.4 Å². The van der Waals surface area contributed by atoms with Crippen LogP contribution >= 0.6 is 11.6 Å². The summed E-state index contributed by atoms with van der Waals surface area (Å²) in [5.41, 5.74) is -2.92. The maximum absolute atomic E-state index is 14.0. The lowest BCUT2D eigenvalue weighted by Crippen LogP contribution is -2.51. The van der Waals surface area contributed by atoms with Gasteiger partial charge in [0.25, 0.3) is 11.8 Å². The van der Waals surface area contributed by atoms with Crippen molar-refractivity contribution in [3.05, 3.63) is 46.5 Å². The van der Waals surface area contributed by atoms with Gasteiger partial charge in [-0.1, -0.05) is 23.8 Å². The maximum atomic E-state index is 14.0. The summed E-state index contributed by atoms with van der Waals surface area (Å²) in [5, 5.41) is 9.32. The number of nitrogens with zero attached hydrogens (tertiary/aromatic N) is 1. The first-order chi connectivity index (χ1) is 11.5. The largest absolute Gasteiger partial charge is 0.417 e. The Morgan fingerprint density at radius 2 is 2.00 bits per heavy atom. The molecule has 3 nitrogen and oxygen atoms in total. The zero-order valence-electron chi connectivity index (χ0n) is 12.7. The molecule has 1 aromatic rings. The summed E-state index contributed by atoms with van der Waals surface area (Å²) in [4.78, 5) is 13.5. The van der Waals surface area contributed by atoms with Gasteiger partial charge in [-0.15, -0.1) is 0 Å². The van der Waals surface area contributed by atoms with Gasteiger partial charge in [-0.3, -0.25) is 4.79 Å². The topological polar surface area (TPSA) is 40.5 Å². The molecule has 1 aliphatic carbocycles. The van der Waals surface area contributed by atoms with Crippen LogP contribution in [0.5, 0.6) is 0 Å². The molecule has 1 heterocycles. The average Bonchev–Trinajstić information content (AvgIpc) is 3.06. The van der Waals surface area contributed by atoms with E-state index >= 15 is 0 Å². The van der Waals surface area contributed by atoms with Crippen LogP contribution in [0, 0.1) is 0 Å². The van der Waals surface area contributed by atoms with E-state index in [9.17, 15) is 31.9 Å². The van der Waals surface area contributed by atoms with Crippen molar-refractivity contribution in [2.45, 2.75) is 36.6 Å². The van der Waals surface area contributed by atoms with Crippen LogP contribution in [0.3, 0.4) is 0 Å². The number of rotatable bonds is 1. The molecule has 2 aliphatic rings. The zero-order chi connectivity index (χ0) is 18.6. The van der Waals surface area contributed by atoms with Gasteiger partial charge in [0.05, 0.1) is 22.7 Å². The Balaban J connectivity index is 1.98. The number of hydrogen-bond acceptors (Lipinski definition) is 2. The van der Waals surface area contributed by atoms with E-state index < -0.39 is 46.8 Å². The van der Waals surface area contributed by atoms with Crippen molar-refractivity contribution in [1.29, 1.82) is 0 Å². The van der Waals surface area contributed by atoms with Gasteiger partial charge in [0, 0.05) is 5.56 Å². The van der Waals surface area contributed by atoms with E-state index in [1.54, 1.807) is 6.08 Å². The van der Waals surface area contributed by atoms with Crippen molar-refractivity contribution in [3.8, 4) is 0 Å². The van der Waals surface area contributed by atoms with Crippen LogP contribution < -0.4 is 0 Å². The Bertz CT molecular complexity index is 749. The highest BCUT2D eigenvalue weighted by Gasteiger charge is 2.63. The number of allylic oxidation sites excluding steroid dienone is 1. The summed E-state index contributed by atoms with van der Waals surface area (Å²) in [6.45, 7) is -1.02. The van der Waals surface area contributed by atoms with E-state index in [4.69, 9.17) is 11.6 Å². The summed E-state index contributed by atoms with van der Waals surface area (Å²) in [6, 6.07) is 2.34. The van der Waals surface area contributed by atoms with E-state index in [2.05, 4.69) is 0 Å². The van der Waals surface area contributed by atoms with Crippen molar-refractivity contribution in [1.82, 2.24) is 4.90 Å². The van der Waals surface area contributed by atoms with Gasteiger partial charge in [0.2, 0.25) is 0 Å². The van der Waals surface area contributed by atoms with E-state index in [0.29, 0.717) is 12.5 Å². The minimum Gasteiger partial charge on any atom is -0.384 e. The van der Waals surface area contributed by atoms with Gasteiger partial charge in [0.1, 0.15) is 6.10 Å². The SMILES string of the molecule is O=C(c1ccc(C(F)(F)F)c(Cl)c1)N1CC(F)(F)C(O)C12C=CCC2. The van der Waals surface area contributed by atoms with Gasteiger partial charge in [0.15, 0.2) is 0 Å². The second kappa shape index (κ2) is 5.67. The van der Waals surface area contributed by atoms with Crippen LogP contribution in [0.2, 0.25) is 5.02 Å². The second-order valence-corrected chi connectivity index (χ2v) is 6.59. The first-order valence-electron chi connectivity index (χ1n) is 7.41. The van der Waals surface area contributed by atoms with Gasteiger partial charge >= 0.3 is 6.18 Å². The number of carbonyl (C=O) groups is 1. The van der Waals surface area contributed by atoms with Gasteiger partial charge in [-0.2, -0.15) is 13.2 Å². The fraction of sp³-hybridized carbons (Fsp3) is 0.438. The molecule has 2 unspecified atom stereocenters. The van der Waals surface area contributed by atoms with Crippen LogP contribution in [-0.2, 0) is 6.18 Å². The molecule has 9 heteroatoms. The molecule has 1 saturated heterocycles. The summed E-state index contributed by atoms with van der Waals surface area (Å²) in [5.74, 6) is -4.42. The quantitative estimate of drug-likeness (QED) is 0.592. The lowest BCUT2D eigenvalue weighted by atomic mass is 9.91. The van der Waals surface area contributed by atoms with E-state index in [1.165, 1.54) is 6.08 Å². The Morgan fingerprint density at radius 3 is 2.52 bits per heavy atom. The lowest BCUT2D eigenvalue weighted by molar-refractivity contribution is -0.137. The van der Waals surface area contributed by atoms with Crippen LogP contribution in [-0.4, -0.2) is 40.0 Å². The van der Waals surface area contributed by atoms with Crippen molar-refractivity contribution in [2.75, 3.05) is 6.54 Å². The maximum Gasteiger partial charge on any atom is 0.417 e. The van der Waals surface area contributed by atoms with E-state index in [0.717, 1.165) is 17.0 Å². The van der Waals surface area contributed by atoms with Crippen LogP contribution in [0.1, 0.15) is 28.8 Å².